The van der Waals surface area contributed by atoms with Gasteiger partial charge in [-0.3, -0.25) is 15.0 Å². The fraction of sp³-hybridized carbons (Fsp3) is 0.588. The van der Waals surface area contributed by atoms with Crippen molar-refractivity contribution >= 4 is 30.7 Å². The number of hydrogen-bond acceptors (Lipinski definition) is 3. The third-order valence-electron chi connectivity index (χ3n) is 4.66. The van der Waals surface area contributed by atoms with Crippen LogP contribution in [0.5, 0.6) is 0 Å². The summed E-state index contributed by atoms with van der Waals surface area (Å²) in [6, 6.07) is 9.35. The maximum Gasteiger partial charge on any atom is 0.262 e. The van der Waals surface area contributed by atoms with Crippen LogP contribution in [-0.2, 0) is 4.79 Å². The Morgan fingerprint density at radius 1 is 1.24 bits per heavy atom. The van der Waals surface area contributed by atoms with Crippen molar-refractivity contribution in [3.8, 4) is 0 Å². The van der Waals surface area contributed by atoms with Crippen LogP contribution in [0.3, 0.4) is 0 Å². The molecule has 0 bridgehead atoms. The molecule has 1 aromatic carbocycles. The Bertz CT molecular complexity index is 542. The highest BCUT2D eigenvalue weighted by Gasteiger charge is 2.42. The monoisotopic (exact) mass is 395 g/mol. The van der Waals surface area contributed by atoms with Gasteiger partial charge in [-0.25, -0.2) is 8.78 Å². The third-order valence-corrected chi connectivity index (χ3v) is 4.66. The lowest BCUT2D eigenvalue weighted by Crippen LogP contribution is -2.44. The van der Waals surface area contributed by atoms with Gasteiger partial charge in [0.1, 0.15) is 0 Å². The number of rotatable bonds is 5. The van der Waals surface area contributed by atoms with Gasteiger partial charge in [0, 0.05) is 13.0 Å². The average Bonchev–Trinajstić information content (AvgIpc) is 3.18. The highest BCUT2D eigenvalue weighted by molar-refractivity contribution is 5.85. The minimum Gasteiger partial charge on any atom is -0.353 e. The lowest BCUT2D eigenvalue weighted by molar-refractivity contribution is -0.123. The minimum absolute atomic E-state index is 0. The van der Waals surface area contributed by atoms with Gasteiger partial charge >= 0.3 is 0 Å². The summed E-state index contributed by atoms with van der Waals surface area (Å²) in [7, 11) is 0. The smallest absolute Gasteiger partial charge is 0.262 e. The van der Waals surface area contributed by atoms with Crippen molar-refractivity contribution in [3.63, 3.8) is 0 Å². The second-order valence-corrected chi connectivity index (χ2v) is 6.41. The lowest BCUT2D eigenvalue weighted by Gasteiger charge is -2.28. The molecule has 0 spiro atoms. The van der Waals surface area contributed by atoms with Gasteiger partial charge in [-0.15, -0.1) is 24.8 Å². The lowest BCUT2D eigenvalue weighted by atomic mass is 10.1. The highest BCUT2D eigenvalue weighted by Crippen LogP contribution is 2.26. The zero-order valence-corrected chi connectivity index (χ0v) is 15.6. The molecule has 2 aliphatic heterocycles. The predicted molar refractivity (Wildman–Crippen MR) is 98.9 cm³/mol. The Hall–Kier alpha value is -0.950. The Morgan fingerprint density at radius 3 is 2.44 bits per heavy atom. The van der Waals surface area contributed by atoms with Crippen molar-refractivity contribution in [1.82, 2.24) is 15.5 Å². The van der Waals surface area contributed by atoms with Crippen molar-refractivity contribution < 1.29 is 13.6 Å². The molecule has 4 nitrogen and oxygen atoms in total. The summed E-state index contributed by atoms with van der Waals surface area (Å²) in [6.45, 7) is 2.05. The second-order valence-electron chi connectivity index (χ2n) is 6.41. The molecule has 2 fully saturated rings. The number of carbonyl (C=O) groups excluding carboxylic acids is 1. The number of amides is 1. The molecule has 1 aromatic rings. The maximum atomic E-state index is 13.2. The molecule has 142 valence electrons. The number of alkyl halides is 2. The van der Waals surface area contributed by atoms with Gasteiger partial charge in [0.15, 0.2) is 0 Å². The van der Waals surface area contributed by atoms with Gasteiger partial charge in [-0.1, -0.05) is 30.3 Å². The fourth-order valence-corrected chi connectivity index (χ4v) is 3.41. The summed E-state index contributed by atoms with van der Waals surface area (Å²) >= 11 is 0. The largest absolute Gasteiger partial charge is 0.353 e. The first-order valence-electron chi connectivity index (χ1n) is 8.23. The van der Waals surface area contributed by atoms with E-state index in [2.05, 4.69) is 27.7 Å². The van der Waals surface area contributed by atoms with E-state index in [9.17, 15) is 13.6 Å². The molecular formula is C17H25Cl2F2N3O. The molecule has 0 aromatic heterocycles. The van der Waals surface area contributed by atoms with Crippen LogP contribution in [0.1, 0.15) is 30.9 Å². The molecule has 1 amide bonds. The first-order valence-corrected chi connectivity index (χ1v) is 8.23. The van der Waals surface area contributed by atoms with E-state index in [0.29, 0.717) is 6.54 Å². The SMILES string of the molecule is Cl.Cl.O=C(NCC(c1ccccc1)N1CCCC1)C1CC(F)(F)CN1. The van der Waals surface area contributed by atoms with E-state index < -0.39 is 24.9 Å². The van der Waals surface area contributed by atoms with Crippen LogP contribution in [0.25, 0.3) is 0 Å². The van der Waals surface area contributed by atoms with E-state index >= 15 is 0 Å². The van der Waals surface area contributed by atoms with Gasteiger partial charge < -0.3 is 5.32 Å². The number of carbonyl (C=O) groups is 1. The van der Waals surface area contributed by atoms with E-state index in [1.807, 2.05) is 18.2 Å². The molecule has 3 rings (SSSR count). The molecular weight excluding hydrogens is 371 g/mol. The van der Waals surface area contributed by atoms with Crippen LogP contribution in [0.15, 0.2) is 30.3 Å². The zero-order valence-electron chi connectivity index (χ0n) is 13.9. The number of halogens is 4. The summed E-state index contributed by atoms with van der Waals surface area (Å²) in [6.07, 6.45) is 1.90. The third kappa shape index (κ3) is 5.78. The molecule has 25 heavy (non-hydrogen) atoms. The second kappa shape index (κ2) is 9.67. The van der Waals surface area contributed by atoms with Crippen LogP contribution in [0.4, 0.5) is 8.78 Å². The summed E-state index contributed by atoms with van der Waals surface area (Å²) in [5.74, 6) is -3.11. The Morgan fingerprint density at radius 2 is 1.88 bits per heavy atom. The van der Waals surface area contributed by atoms with Crippen LogP contribution in [0.2, 0.25) is 0 Å². The van der Waals surface area contributed by atoms with E-state index in [4.69, 9.17) is 0 Å². The van der Waals surface area contributed by atoms with Gasteiger partial charge in [-0.2, -0.15) is 0 Å². The van der Waals surface area contributed by atoms with Crippen molar-refractivity contribution in [2.75, 3.05) is 26.2 Å². The molecule has 0 radical (unpaired) electrons. The standard InChI is InChI=1S/C17H23F2N3O.2ClH/c18-17(19)10-14(21-12-17)16(23)20-11-15(22-8-4-5-9-22)13-6-2-1-3-7-13;;/h1-3,6-7,14-15,21H,4-5,8-12H2,(H,20,23);2*1H. The van der Waals surface area contributed by atoms with Crippen molar-refractivity contribution in [3.05, 3.63) is 35.9 Å². The number of likely N-dealkylation sites (tertiary alicyclic amines) is 1. The molecule has 2 N–H and O–H groups in total. The summed E-state index contributed by atoms with van der Waals surface area (Å²) < 4.78 is 26.4. The number of nitrogens with one attached hydrogen (secondary N) is 2. The number of benzene rings is 1. The summed E-state index contributed by atoms with van der Waals surface area (Å²) in [5.41, 5.74) is 1.15. The Balaban J connectivity index is 0.00000156. The Labute approximate surface area is 159 Å². The summed E-state index contributed by atoms with van der Waals surface area (Å²) in [5, 5.41) is 5.47. The maximum absolute atomic E-state index is 13.2. The molecule has 0 aliphatic carbocycles. The zero-order chi connectivity index (χ0) is 16.3. The quantitative estimate of drug-likeness (QED) is 0.805. The van der Waals surface area contributed by atoms with E-state index in [1.165, 1.54) is 0 Å². The number of hydrogen-bond donors (Lipinski definition) is 2. The van der Waals surface area contributed by atoms with Crippen LogP contribution in [-0.4, -0.2) is 49.0 Å². The highest BCUT2D eigenvalue weighted by atomic mass is 35.5. The normalized spacial score (nSPS) is 23.4. The van der Waals surface area contributed by atoms with Crippen molar-refractivity contribution in [2.45, 2.75) is 37.3 Å². The number of nitrogens with zero attached hydrogens (tertiary/aromatic N) is 1. The molecule has 0 saturated carbocycles. The van der Waals surface area contributed by atoms with Crippen LogP contribution >= 0.6 is 24.8 Å². The van der Waals surface area contributed by atoms with E-state index in [1.54, 1.807) is 0 Å². The first-order chi connectivity index (χ1) is 11.1. The van der Waals surface area contributed by atoms with Crippen LogP contribution in [0, 0.1) is 0 Å². The fourth-order valence-electron chi connectivity index (χ4n) is 3.41. The van der Waals surface area contributed by atoms with E-state index in [-0.39, 0.29) is 36.8 Å². The molecule has 2 aliphatic rings. The minimum atomic E-state index is -2.78. The van der Waals surface area contributed by atoms with E-state index in [0.717, 1.165) is 31.5 Å². The van der Waals surface area contributed by atoms with Gasteiger partial charge in [-0.05, 0) is 31.5 Å². The van der Waals surface area contributed by atoms with Gasteiger partial charge in [0.2, 0.25) is 5.91 Å². The molecule has 2 saturated heterocycles. The topological polar surface area (TPSA) is 44.4 Å². The Kier molecular flexibility index (Phi) is 8.54. The van der Waals surface area contributed by atoms with Crippen molar-refractivity contribution in [1.29, 1.82) is 0 Å². The predicted octanol–water partition coefficient (Wildman–Crippen LogP) is 2.78. The molecule has 8 heteroatoms. The average molecular weight is 396 g/mol. The van der Waals surface area contributed by atoms with Crippen molar-refractivity contribution in [2.24, 2.45) is 0 Å². The molecule has 2 heterocycles. The molecule has 2 unspecified atom stereocenters. The van der Waals surface area contributed by atoms with Gasteiger partial charge in [0.25, 0.3) is 5.92 Å². The summed E-state index contributed by atoms with van der Waals surface area (Å²) in [4.78, 5) is 14.5. The van der Waals surface area contributed by atoms with Gasteiger partial charge in [0.05, 0.1) is 18.6 Å². The molecule has 2 atom stereocenters. The first kappa shape index (κ1) is 22.1. The van der Waals surface area contributed by atoms with Crippen LogP contribution < -0.4 is 10.6 Å².